The Bertz CT molecular complexity index is 411. The molecule has 0 aliphatic rings. The van der Waals surface area contributed by atoms with E-state index in [9.17, 15) is 4.79 Å². The Morgan fingerprint density at radius 3 is 2.50 bits per heavy atom. The van der Waals surface area contributed by atoms with Crippen LogP contribution in [0.5, 0.6) is 0 Å². The van der Waals surface area contributed by atoms with E-state index in [1.54, 1.807) is 4.90 Å². The van der Waals surface area contributed by atoms with Crippen LogP contribution in [0.15, 0.2) is 18.2 Å². The summed E-state index contributed by atoms with van der Waals surface area (Å²) in [7, 11) is 0. The largest absolute Gasteiger partial charge is 0.443 e. The summed E-state index contributed by atoms with van der Waals surface area (Å²) in [4.78, 5) is 18.0. The summed E-state index contributed by atoms with van der Waals surface area (Å²) in [6.07, 6.45) is 0.491. The lowest BCUT2D eigenvalue weighted by Gasteiger charge is -2.26. The van der Waals surface area contributed by atoms with Gasteiger partial charge in [0.2, 0.25) is 0 Å². The van der Waals surface area contributed by atoms with Crippen LogP contribution in [0.2, 0.25) is 0 Å². The first-order chi connectivity index (χ1) is 8.37. The molecular weight excluding hydrogens is 228 g/mol. The van der Waals surface area contributed by atoms with Crippen molar-refractivity contribution in [3.8, 4) is 0 Å². The number of carbonyl (C=O) groups excluding carboxylic acids is 1. The predicted octanol–water partition coefficient (Wildman–Crippen LogP) is 3.41. The zero-order valence-electron chi connectivity index (χ0n) is 11.9. The molecule has 0 radical (unpaired) electrons. The van der Waals surface area contributed by atoms with Crippen LogP contribution in [0.4, 0.5) is 10.6 Å². The minimum Gasteiger partial charge on any atom is -0.443 e. The van der Waals surface area contributed by atoms with E-state index in [0.717, 1.165) is 12.1 Å². The number of aryl methyl sites for hydroxylation is 1. The molecule has 4 nitrogen and oxygen atoms in total. The second-order valence-corrected chi connectivity index (χ2v) is 5.07. The highest BCUT2D eigenvalue weighted by Gasteiger charge is 2.22. The van der Waals surface area contributed by atoms with Gasteiger partial charge < -0.3 is 4.74 Å². The molecule has 1 aromatic rings. The van der Waals surface area contributed by atoms with E-state index >= 15 is 0 Å². The first-order valence-electron chi connectivity index (χ1n) is 6.33. The minimum absolute atomic E-state index is 0.356. The number of ether oxygens (including phenoxy) is 1. The molecule has 1 aromatic heterocycles. The molecule has 1 heterocycles. The summed E-state index contributed by atoms with van der Waals surface area (Å²) < 4.78 is 5.37. The van der Waals surface area contributed by atoms with E-state index in [-0.39, 0.29) is 6.09 Å². The third-order valence-corrected chi connectivity index (χ3v) is 2.36. The molecule has 0 aliphatic carbocycles. The molecule has 0 aromatic carbocycles. The third-order valence-electron chi connectivity index (χ3n) is 2.36. The summed E-state index contributed by atoms with van der Waals surface area (Å²) in [5.41, 5.74) is 0.474. The number of pyridine rings is 1. The van der Waals surface area contributed by atoms with Crippen molar-refractivity contribution in [1.82, 2.24) is 4.98 Å². The molecule has 0 saturated heterocycles. The first-order valence-corrected chi connectivity index (χ1v) is 6.33. The van der Waals surface area contributed by atoms with Gasteiger partial charge >= 0.3 is 6.09 Å². The first kappa shape index (κ1) is 14.5. The van der Waals surface area contributed by atoms with Gasteiger partial charge in [0.05, 0.1) is 0 Å². The summed E-state index contributed by atoms with van der Waals surface area (Å²) in [5, 5.41) is 0. The lowest BCUT2D eigenvalue weighted by Crippen LogP contribution is -2.37. The van der Waals surface area contributed by atoms with Gasteiger partial charge in [0, 0.05) is 12.2 Å². The van der Waals surface area contributed by atoms with Crippen molar-refractivity contribution in [2.75, 3.05) is 11.4 Å². The SMILES string of the molecule is CCc1cccc(N(CC)C(=O)OC(C)(C)C)n1. The lowest BCUT2D eigenvalue weighted by atomic mass is 10.2. The number of hydrogen-bond donors (Lipinski definition) is 0. The quantitative estimate of drug-likeness (QED) is 0.825. The van der Waals surface area contributed by atoms with Crippen molar-refractivity contribution in [3.63, 3.8) is 0 Å². The molecule has 0 unspecified atom stereocenters. The van der Waals surface area contributed by atoms with E-state index in [1.165, 1.54) is 0 Å². The fourth-order valence-corrected chi connectivity index (χ4v) is 1.52. The maximum atomic E-state index is 12.1. The molecule has 0 atom stereocenters. The smallest absolute Gasteiger partial charge is 0.415 e. The molecule has 100 valence electrons. The van der Waals surface area contributed by atoms with Gasteiger partial charge in [-0.25, -0.2) is 9.78 Å². The zero-order valence-corrected chi connectivity index (χ0v) is 11.9. The molecule has 0 fully saturated rings. The molecule has 4 heteroatoms. The maximum absolute atomic E-state index is 12.1. The Hall–Kier alpha value is -1.58. The fourth-order valence-electron chi connectivity index (χ4n) is 1.52. The Labute approximate surface area is 109 Å². The van der Waals surface area contributed by atoms with Crippen LogP contribution < -0.4 is 4.90 Å². The standard InChI is InChI=1S/C14H22N2O2/c1-6-11-9-8-10-12(15-11)16(7-2)13(17)18-14(3,4)5/h8-10H,6-7H2,1-5H3. The van der Waals surface area contributed by atoms with Gasteiger partial charge in [0.15, 0.2) is 0 Å². The van der Waals surface area contributed by atoms with Crippen LogP contribution in [0.3, 0.4) is 0 Å². The normalized spacial score (nSPS) is 11.2. The average Bonchev–Trinajstić information content (AvgIpc) is 2.28. The Morgan fingerprint density at radius 2 is 2.00 bits per heavy atom. The monoisotopic (exact) mass is 250 g/mol. The van der Waals surface area contributed by atoms with Gasteiger partial charge in [-0.2, -0.15) is 0 Å². The second-order valence-electron chi connectivity index (χ2n) is 5.07. The number of nitrogens with zero attached hydrogens (tertiary/aromatic N) is 2. The Morgan fingerprint density at radius 1 is 1.33 bits per heavy atom. The summed E-state index contributed by atoms with van der Waals surface area (Å²) in [5.74, 6) is 0.645. The van der Waals surface area contributed by atoms with E-state index in [2.05, 4.69) is 4.98 Å². The molecule has 0 aliphatic heterocycles. The van der Waals surface area contributed by atoms with Crippen molar-refractivity contribution in [1.29, 1.82) is 0 Å². The van der Waals surface area contributed by atoms with Gasteiger partial charge in [-0.3, -0.25) is 4.90 Å². The highest BCUT2D eigenvalue weighted by Crippen LogP contribution is 2.16. The molecule has 1 amide bonds. The number of hydrogen-bond acceptors (Lipinski definition) is 3. The van der Waals surface area contributed by atoms with Gasteiger partial charge in [0.25, 0.3) is 0 Å². The molecule has 0 bridgehead atoms. The van der Waals surface area contributed by atoms with Crippen LogP contribution >= 0.6 is 0 Å². The highest BCUT2D eigenvalue weighted by molar-refractivity contribution is 5.86. The lowest BCUT2D eigenvalue weighted by molar-refractivity contribution is 0.0581. The van der Waals surface area contributed by atoms with Crippen molar-refractivity contribution in [3.05, 3.63) is 23.9 Å². The number of carbonyl (C=O) groups is 1. The van der Waals surface area contributed by atoms with E-state index < -0.39 is 5.60 Å². The topological polar surface area (TPSA) is 42.4 Å². The molecule has 0 N–H and O–H groups in total. The van der Waals surface area contributed by atoms with E-state index in [1.807, 2.05) is 52.8 Å². The van der Waals surface area contributed by atoms with Crippen LogP contribution in [-0.4, -0.2) is 23.2 Å². The van der Waals surface area contributed by atoms with E-state index in [4.69, 9.17) is 4.74 Å². The molecule has 1 rings (SSSR count). The number of aromatic nitrogens is 1. The summed E-state index contributed by atoms with van der Waals surface area (Å²) in [6.45, 7) is 10.0. The zero-order chi connectivity index (χ0) is 13.8. The van der Waals surface area contributed by atoms with Crippen molar-refractivity contribution >= 4 is 11.9 Å². The van der Waals surface area contributed by atoms with Crippen molar-refractivity contribution in [2.24, 2.45) is 0 Å². The van der Waals surface area contributed by atoms with Gasteiger partial charge in [0.1, 0.15) is 11.4 Å². The van der Waals surface area contributed by atoms with Gasteiger partial charge in [-0.05, 0) is 46.2 Å². The van der Waals surface area contributed by atoms with Crippen molar-refractivity contribution < 1.29 is 9.53 Å². The maximum Gasteiger partial charge on any atom is 0.415 e. The van der Waals surface area contributed by atoms with Gasteiger partial charge in [-0.15, -0.1) is 0 Å². The fraction of sp³-hybridized carbons (Fsp3) is 0.571. The third kappa shape index (κ3) is 4.02. The molecule has 18 heavy (non-hydrogen) atoms. The van der Waals surface area contributed by atoms with Gasteiger partial charge in [-0.1, -0.05) is 13.0 Å². The van der Waals surface area contributed by atoms with E-state index in [0.29, 0.717) is 12.4 Å². The molecule has 0 saturated carbocycles. The number of amides is 1. The van der Waals surface area contributed by atoms with Crippen LogP contribution in [0.25, 0.3) is 0 Å². The van der Waals surface area contributed by atoms with Crippen molar-refractivity contribution in [2.45, 2.75) is 46.6 Å². The predicted molar refractivity (Wildman–Crippen MR) is 72.9 cm³/mol. The van der Waals surface area contributed by atoms with Crippen LogP contribution in [-0.2, 0) is 11.2 Å². The molecular formula is C14H22N2O2. The highest BCUT2D eigenvalue weighted by atomic mass is 16.6. The Kier molecular flexibility index (Phi) is 4.70. The van der Waals surface area contributed by atoms with Crippen LogP contribution in [0, 0.1) is 0 Å². The molecule has 0 spiro atoms. The summed E-state index contributed by atoms with van der Waals surface area (Å²) >= 11 is 0. The number of anilines is 1. The number of rotatable bonds is 3. The minimum atomic E-state index is -0.493. The Balaban J connectivity index is 2.91. The average molecular weight is 250 g/mol. The summed E-state index contributed by atoms with van der Waals surface area (Å²) in [6, 6.07) is 5.69. The second kappa shape index (κ2) is 5.85. The van der Waals surface area contributed by atoms with Crippen LogP contribution in [0.1, 0.15) is 40.3 Å².